The Balaban J connectivity index is 1.94. The molecule has 0 heterocycles. The van der Waals surface area contributed by atoms with Gasteiger partial charge in [-0.25, -0.2) is 0 Å². The molecule has 110 valence electrons. The van der Waals surface area contributed by atoms with Gasteiger partial charge < -0.3 is 10.1 Å². The molecule has 2 aromatic carbocycles. The van der Waals surface area contributed by atoms with Crippen molar-refractivity contribution in [3.8, 4) is 5.75 Å². The molecule has 0 fully saturated rings. The smallest absolute Gasteiger partial charge is 0.262 e. The fourth-order valence-electron chi connectivity index (χ4n) is 2.08. The topological polar surface area (TPSA) is 38.3 Å². The second-order valence-corrected chi connectivity index (χ2v) is 5.98. The SMILES string of the molecule is Cc1cc(C)cc(OCC(=O)Nc2ccc(Br)c(C)c2)c1. The van der Waals surface area contributed by atoms with Crippen LogP contribution in [0.25, 0.3) is 0 Å². The van der Waals surface area contributed by atoms with E-state index < -0.39 is 0 Å². The number of hydrogen-bond acceptors (Lipinski definition) is 2. The van der Waals surface area contributed by atoms with E-state index >= 15 is 0 Å². The first kappa shape index (κ1) is 15.6. The van der Waals surface area contributed by atoms with Crippen LogP contribution in [0.1, 0.15) is 16.7 Å². The Bertz CT molecular complexity index is 648. The van der Waals surface area contributed by atoms with Crippen LogP contribution in [0, 0.1) is 20.8 Å². The number of amides is 1. The lowest BCUT2D eigenvalue weighted by Gasteiger charge is -2.10. The van der Waals surface area contributed by atoms with Crippen LogP contribution in [0.15, 0.2) is 40.9 Å². The molecule has 0 aromatic heterocycles. The molecule has 0 aliphatic rings. The van der Waals surface area contributed by atoms with Crippen molar-refractivity contribution in [2.75, 3.05) is 11.9 Å². The molecule has 0 aliphatic heterocycles. The van der Waals surface area contributed by atoms with E-state index in [1.54, 1.807) is 0 Å². The molecule has 3 nitrogen and oxygen atoms in total. The quantitative estimate of drug-likeness (QED) is 0.890. The molecule has 0 bridgehead atoms. The summed E-state index contributed by atoms with van der Waals surface area (Å²) >= 11 is 3.43. The zero-order valence-corrected chi connectivity index (χ0v) is 14.0. The van der Waals surface area contributed by atoms with Crippen molar-refractivity contribution >= 4 is 27.5 Å². The zero-order valence-electron chi connectivity index (χ0n) is 12.4. The van der Waals surface area contributed by atoms with Crippen molar-refractivity contribution in [2.45, 2.75) is 20.8 Å². The fraction of sp³-hybridized carbons (Fsp3) is 0.235. The molecule has 0 saturated heterocycles. The highest BCUT2D eigenvalue weighted by molar-refractivity contribution is 9.10. The average Bonchev–Trinajstić information content (AvgIpc) is 2.40. The summed E-state index contributed by atoms with van der Waals surface area (Å²) in [5, 5.41) is 2.82. The number of halogens is 1. The fourth-order valence-corrected chi connectivity index (χ4v) is 2.33. The van der Waals surface area contributed by atoms with Gasteiger partial charge in [-0.1, -0.05) is 22.0 Å². The number of anilines is 1. The highest BCUT2D eigenvalue weighted by atomic mass is 79.9. The van der Waals surface area contributed by atoms with Gasteiger partial charge in [0.2, 0.25) is 0 Å². The molecule has 0 unspecified atom stereocenters. The molecule has 2 aromatic rings. The van der Waals surface area contributed by atoms with Crippen LogP contribution >= 0.6 is 15.9 Å². The van der Waals surface area contributed by atoms with Crippen molar-refractivity contribution in [3.63, 3.8) is 0 Å². The van der Waals surface area contributed by atoms with Crippen LogP contribution in [-0.2, 0) is 4.79 Å². The van der Waals surface area contributed by atoms with Gasteiger partial charge in [0.15, 0.2) is 6.61 Å². The van der Waals surface area contributed by atoms with Crippen molar-refractivity contribution < 1.29 is 9.53 Å². The highest BCUT2D eigenvalue weighted by Gasteiger charge is 2.05. The average molecular weight is 348 g/mol. The predicted octanol–water partition coefficient (Wildman–Crippen LogP) is 4.39. The highest BCUT2D eigenvalue weighted by Crippen LogP contribution is 2.20. The van der Waals surface area contributed by atoms with Crippen molar-refractivity contribution in [1.29, 1.82) is 0 Å². The molecule has 0 saturated carbocycles. The number of rotatable bonds is 4. The Labute approximate surface area is 133 Å². The van der Waals surface area contributed by atoms with Crippen LogP contribution in [0.4, 0.5) is 5.69 Å². The molecule has 0 aliphatic carbocycles. The van der Waals surface area contributed by atoms with Crippen LogP contribution in [0.3, 0.4) is 0 Å². The third kappa shape index (κ3) is 4.60. The third-order valence-electron chi connectivity index (χ3n) is 3.01. The summed E-state index contributed by atoms with van der Waals surface area (Å²) in [5.41, 5.74) is 4.08. The monoisotopic (exact) mass is 347 g/mol. The molecule has 0 spiro atoms. The molecular weight excluding hydrogens is 330 g/mol. The standard InChI is InChI=1S/C17H18BrNO2/c1-11-6-12(2)8-15(7-11)21-10-17(20)19-14-4-5-16(18)13(3)9-14/h4-9H,10H2,1-3H3,(H,19,20). The number of hydrogen-bond donors (Lipinski definition) is 1. The summed E-state index contributed by atoms with van der Waals surface area (Å²) < 4.78 is 6.55. The van der Waals surface area contributed by atoms with E-state index in [4.69, 9.17) is 4.74 Å². The lowest BCUT2D eigenvalue weighted by Crippen LogP contribution is -2.20. The second-order valence-electron chi connectivity index (χ2n) is 5.12. The maximum Gasteiger partial charge on any atom is 0.262 e. The van der Waals surface area contributed by atoms with Gasteiger partial charge >= 0.3 is 0 Å². The van der Waals surface area contributed by atoms with Crippen LogP contribution < -0.4 is 10.1 Å². The lowest BCUT2D eigenvalue weighted by molar-refractivity contribution is -0.118. The van der Waals surface area contributed by atoms with Crippen molar-refractivity contribution in [1.82, 2.24) is 0 Å². The van der Waals surface area contributed by atoms with E-state index in [0.29, 0.717) is 0 Å². The van der Waals surface area contributed by atoms with Crippen LogP contribution in [0.2, 0.25) is 0 Å². The van der Waals surface area contributed by atoms with Crippen molar-refractivity contribution in [2.24, 2.45) is 0 Å². The molecule has 1 N–H and O–H groups in total. The van der Waals surface area contributed by atoms with Gasteiger partial charge in [-0.15, -0.1) is 0 Å². The first-order chi connectivity index (χ1) is 9.94. The minimum absolute atomic E-state index is 0.00198. The minimum atomic E-state index is -0.170. The summed E-state index contributed by atoms with van der Waals surface area (Å²) in [6.07, 6.45) is 0. The van der Waals surface area contributed by atoms with E-state index in [1.807, 2.05) is 51.1 Å². The molecular formula is C17H18BrNO2. The molecule has 0 radical (unpaired) electrons. The largest absolute Gasteiger partial charge is 0.484 e. The van der Waals surface area contributed by atoms with Gasteiger partial charge in [0.1, 0.15) is 5.75 Å². The Kier molecular flexibility index (Phi) is 5.02. The number of carbonyl (C=O) groups excluding carboxylic acids is 1. The molecule has 4 heteroatoms. The van der Waals surface area contributed by atoms with E-state index in [2.05, 4.69) is 27.3 Å². The lowest BCUT2D eigenvalue weighted by atomic mass is 10.1. The zero-order chi connectivity index (χ0) is 15.4. The van der Waals surface area contributed by atoms with E-state index in [-0.39, 0.29) is 12.5 Å². The number of carbonyl (C=O) groups is 1. The van der Waals surface area contributed by atoms with Crippen LogP contribution in [0.5, 0.6) is 5.75 Å². The van der Waals surface area contributed by atoms with E-state index in [0.717, 1.165) is 32.6 Å². The maximum absolute atomic E-state index is 11.9. The summed E-state index contributed by atoms with van der Waals surface area (Å²) in [6.45, 7) is 5.98. The third-order valence-corrected chi connectivity index (χ3v) is 3.90. The number of aryl methyl sites for hydroxylation is 3. The first-order valence-corrected chi connectivity index (χ1v) is 7.50. The number of ether oxygens (including phenoxy) is 1. The molecule has 0 atom stereocenters. The summed E-state index contributed by atoms with van der Waals surface area (Å²) in [7, 11) is 0. The number of nitrogens with one attached hydrogen (secondary N) is 1. The predicted molar refractivity (Wildman–Crippen MR) is 88.9 cm³/mol. The van der Waals surface area contributed by atoms with Gasteiger partial charge in [0.05, 0.1) is 0 Å². The number of benzene rings is 2. The van der Waals surface area contributed by atoms with Gasteiger partial charge in [0.25, 0.3) is 5.91 Å². The molecule has 21 heavy (non-hydrogen) atoms. The second kappa shape index (κ2) is 6.76. The first-order valence-electron chi connectivity index (χ1n) is 6.71. The Morgan fingerprint density at radius 1 is 1.10 bits per heavy atom. The van der Waals surface area contributed by atoms with Gasteiger partial charge in [-0.05, 0) is 67.8 Å². The summed E-state index contributed by atoms with van der Waals surface area (Å²) in [4.78, 5) is 11.9. The Morgan fingerprint density at radius 2 is 1.76 bits per heavy atom. The van der Waals surface area contributed by atoms with Gasteiger partial charge in [-0.2, -0.15) is 0 Å². The Morgan fingerprint density at radius 3 is 2.38 bits per heavy atom. The Hall–Kier alpha value is -1.81. The van der Waals surface area contributed by atoms with Gasteiger partial charge in [-0.3, -0.25) is 4.79 Å². The van der Waals surface area contributed by atoms with Crippen LogP contribution in [-0.4, -0.2) is 12.5 Å². The molecule has 2 rings (SSSR count). The molecule has 1 amide bonds. The van der Waals surface area contributed by atoms with Crippen molar-refractivity contribution in [3.05, 3.63) is 57.6 Å². The summed E-state index contributed by atoms with van der Waals surface area (Å²) in [6, 6.07) is 11.6. The van der Waals surface area contributed by atoms with E-state index in [9.17, 15) is 4.79 Å². The normalized spacial score (nSPS) is 10.3. The maximum atomic E-state index is 11.9. The summed E-state index contributed by atoms with van der Waals surface area (Å²) in [5.74, 6) is 0.547. The minimum Gasteiger partial charge on any atom is -0.484 e. The van der Waals surface area contributed by atoms with Gasteiger partial charge in [0, 0.05) is 10.2 Å². The van der Waals surface area contributed by atoms with E-state index in [1.165, 1.54) is 0 Å².